The number of carbonyl (C=O) groups is 1. The highest BCUT2D eigenvalue weighted by molar-refractivity contribution is 5.75. The minimum atomic E-state index is -1.35. The van der Waals surface area contributed by atoms with Gasteiger partial charge in [-0.05, 0) is 6.92 Å². The number of nitrogens with two attached hydrogens (primary N) is 1. The molecule has 0 unspecified atom stereocenters. The lowest BCUT2D eigenvalue weighted by Gasteiger charge is -2.08. The number of hydrogen-bond acceptors (Lipinski definition) is 3. The van der Waals surface area contributed by atoms with Gasteiger partial charge in [0.1, 0.15) is 12.2 Å². The fourth-order valence-corrected chi connectivity index (χ4v) is 0.324. The van der Waals surface area contributed by atoms with Crippen LogP contribution in [0.15, 0.2) is 0 Å². The average Bonchev–Trinajstić information content (AvgIpc) is 1.84. The maximum absolute atomic E-state index is 12.1. The van der Waals surface area contributed by atoms with Crippen LogP contribution in [0.5, 0.6) is 0 Å². The molecule has 54 valence electrons. The average molecular weight is 135 g/mol. The summed E-state index contributed by atoms with van der Waals surface area (Å²) in [6.07, 6.45) is -1.35. The van der Waals surface area contributed by atoms with Crippen LogP contribution in [0.25, 0.3) is 0 Å². The second kappa shape index (κ2) is 3.40. The van der Waals surface area contributed by atoms with Gasteiger partial charge in [0, 0.05) is 0 Å². The molecule has 0 radical (unpaired) electrons. The number of hydrogen-bond donors (Lipinski definition) is 1. The first-order chi connectivity index (χ1) is 4.09. The van der Waals surface area contributed by atoms with Crippen LogP contribution in [-0.2, 0) is 9.53 Å². The van der Waals surface area contributed by atoms with E-state index in [0.29, 0.717) is 0 Å². The predicted octanol–water partition coefficient (Wildman–Crippen LogP) is -0.155. The second-order valence-corrected chi connectivity index (χ2v) is 1.73. The van der Waals surface area contributed by atoms with E-state index >= 15 is 0 Å². The lowest BCUT2D eigenvalue weighted by Crippen LogP contribution is -2.38. The molecule has 0 amide bonds. The fraction of sp³-hybridized carbons (Fsp3) is 0.800. The molecule has 0 saturated carbocycles. The minimum Gasteiger partial charge on any atom is -0.468 e. The number of alkyl halides is 1. The summed E-state index contributed by atoms with van der Waals surface area (Å²) in [5, 5.41) is 0. The van der Waals surface area contributed by atoms with Crippen molar-refractivity contribution in [2.75, 3.05) is 7.11 Å². The van der Waals surface area contributed by atoms with Gasteiger partial charge in [-0.2, -0.15) is 0 Å². The third kappa shape index (κ3) is 2.41. The van der Waals surface area contributed by atoms with Crippen LogP contribution in [-0.4, -0.2) is 25.3 Å². The van der Waals surface area contributed by atoms with Crippen LogP contribution in [0.3, 0.4) is 0 Å². The molecule has 3 nitrogen and oxygen atoms in total. The van der Waals surface area contributed by atoms with Gasteiger partial charge >= 0.3 is 5.97 Å². The molecule has 0 rings (SSSR count). The van der Waals surface area contributed by atoms with Gasteiger partial charge in [-0.25, -0.2) is 4.39 Å². The van der Waals surface area contributed by atoms with E-state index in [1.165, 1.54) is 14.0 Å². The molecule has 0 saturated heterocycles. The zero-order chi connectivity index (χ0) is 7.44. The zero-order valence-corrected chi connectivity index (χ0v) is 5.43. The first-order valence-corrected chi connectivity index (χ1v) is 2.57. The highest BCUT2D eigenvalue weighted by atomic mass is 19.1. The van der Waals surface area contributed by atoms with Gasteiger partial charge in [0.05, 0.1) is 7.11 Å². The summed E-state index contributed by atoms with van der Waals surface area (Å²) < 4.78 is 16.3. The van der Waals surface area contributed by atoms with E-state index in [1.54, 1.807) is 0 Å². The summed E-state index contributed by atoms with van der Waals surface area (Å²) in [5.41, 5.74) is 5.02. The number of rotatable bonds is 2. The van der Waals surface area contributed by atoms with E-state index in [9.17, 15) is 9.18 Å². The van der Waals surface area contributed by atoms with Crippen molar-refractivity contribution in [3.8, 4) is 0 Å². The topological polar surface area (TPSA) is 52.3 Å². The van der Waals surface area contributed by atoms with Crippen molar-refractivity contribution in [3.05, 3.63) is 0 Å². The van der Waals surface area contributed by atoms with Gasteiger partial charge in [0.2, 0.25) is 0 Å². The minimum absolute atomic E-state index is 0.718. The van der Waals surface area contributed by atoms with Crippen molar-refractivity contribution in [2.45, 2.75) is 19.1 Å². The normalized spacial score (nSPS) is 16.4. The highest BCUT2D eigenvalue weighted by Crippen LogP contribution is 1.95. The molecule has 4 heteroatoms. The summed E-state index contributed by atoms with van der Waals surface area (Å²) in [6.45, 7) is 1.21. The number of methoxy groups -OCH3 is 1. The quantitative estimate of drug-likeness (QED) is 0.535. The van der Waals surface area contributed by atoms with Gasteiger partial charge < -0.3 is 10.5 Å². The Hall–Kier alpha value is -0.640. The largest absolute Gasteiger partial charge is 0.468 e. The molecule has 0 aromatic heterocycles. The molecule has 0 aromatic carbocycles. The SMILES string of the molecule is COC(=O)[C@H](N)[C@H](C)F. The van der Waals surface area contributed by atoms with Crippen LogP contribution in [0.2, 0.25) is 0 Å². The lowest BCUT2D eigenvalue weighted by atomic mass is 10.2. The third-order valence-electron chi connectivity index (χ3n) is 0.968. The van der Waals surface area contributed by atoms with Crippen molar-refractivity contribution < 1.29 is 13.9 Å². The van der Waals surface area contributed by atoms with Crippen LogP contribution in [0.1, 0.15) is 6.92 Å². The van der Waals surface area contributed by atoms with E-state index in [1.807, 2.05) is 0 Å². The molecule has 2 N–H and O–H groups in total. The zero-order valence-electron chi connectivity index (χ0n) is 5.43. The Morgan fingerprint density at radius 2 is 2.22 bits per heavy atom. The summed E-state index contributed by atoms with van der Waals surface area (Å²) in [7, 11) is 1.17. The number of halogens is 1. The van der Waals surface area contributed by atoms with Crippen LogP contribution in [0.4, 0.5) is 4.39 Å². The Kier molecular flexibility index (Phi) is 3.16. The molecule has 0 fully saturated rings. The maximum Gasteiger partial charge on any atom is 0.325 e. The van der Waals surface area contributed by atoms with Gasteiger partial charge in [0.25, 0.3) is 0 Å². The summed E-state index contributed by atoms with van der Waals surface area (Å²) in [5.74, 6) is -0.718. The first-order valence-electron chi connectivity index (χ1n) is 2.57. The van der Waals surface area contributed by atoms with Gasteiger partial charge in [-0.15, -0.1) is 0 Å². The van der Waals surface area contributed by atoms with Gasteiger partial charge in [-0.1, -0.05) is 0 Å². The lowest BCUT2D eigenvalue weighted by molar-refractivity contribution is -0.143. The third-order valence-corrected chi connectivity index (χ3v) is 0.968. The standard InChI is InChI=1S/C5H10FNO2/c1-3(6)4(7)5(8)9-2/h3-4H,7H2,1-2H3/t3-,4+/m0/s1. The predicted molar refractivity (Wildman–Crippen MR) is 30.6 cm³/mol. The van der Waals surface area contributed by atoms with Crippen molar-refractivity contribution in [3.63, 3.8) is 0 Å². The smallest absolute Gasteiger partial charge is 0.325 e. The number of esters is 1. The first kappa shape index (κ1) is 8.36. The summed E-state index contributed by atoms with van der Waals surface area (Å²) in [4.78, 5) is 10.4. The molecule has 0 aliphatic carbocycles. The van der Waals surface area contributed by atoms with E-state index in [2.05, 4.69) is 4.74 Å². The van der Waals surface area contributed by atoms with Crippen molar-refractivity contribution >= 4 is 5.97 Å². The Balaban J connectivity index is 3.72. The van der Waals surface area contributed by atoms with Crippen molar-refractivity contribution in [1.29, 1.82) is 0 Å². The summed E-state index contributed by atoms with van der Waals surface area (Å²) in [6, 6.07) is -1.14. The molecule has 0 aliphatic heterocycles. The van der Waals surface area contributed by atoms with Gasteiger partial charge in [0.15, 0.2) is 0 Å². The van der Waals surface area contributed by atoms with Crippen LogP contribution >= 0.6 is 0 Å². The highest BCUT2D eigenvalue weighted by Gasteiger charge is 2.20. The van der Waals surface area contributed by atoms with Crippen LogP contribution < -0.4 is 5.73 Å². The molecular weight excluding hydrogens is 125 g/mol. The molecular formula is C5H10FNO2. The van der Waals surface area contributed by atoms with E-state index in [4.69, 9.17) is 5.73 Å². The van der Waals surface area contributed by atoms with Crippen molar-refractivity contribution in [1.82, 2.24) is 0 Å². The second-order valence-electron chi connectivity index (χ2n) is 1.73. The number of carbonyl (C=O) groups excluding carboxylic acids is 1. The Bertz CT molecular complexity index is 105. The fourth-order valence-electron chi connectivity index (χ4n) is 0.324. The summed E-state index contributed by atoms with van der Waals surface area (Å²) >= 11 is 0. The van der Waals surface area contributed by atoms with E-state index in [0.717, 1.165) is 0 Å². The molecule has 9 heavy (non-hydrogen) atoms. The molecule has 0 aromatic rings. The molecule has 0 bridgehead atoms. The Morgan fingerprint density at radius 1 is 1.78 bits per heavy atom. The Morgan fingerprint density at radius 3 is 2.33 bits per heavy atom. The number of ether oxygens (including phenoxy) is 1. The monoisotopic (exact) mass is 135 g/mol. The molecule has 0 heterocycles. The van der Waals surface area contributed by atoms with E-state index < -0.39 is 18.2 Å². The molecule has 2 atom stereocenters. The molecule has 0 spiro atoms. The van der Waals surface area contributed by atoms with Gasteiger partial charge in [-0.3, -0.25) is 4.79 Å². The van der Waals surface area contributed by atoms with Crippen molar-refractivity contribution in [2.24, 2.45) is 5.73 Å². The Labute approximate surface area is 53.0 Å². The van der Waals surface area contributed by atoms with E-state index in [-0.39, 0.29) is 0 Å². The van der Waals surface area contributed by atoms with Crippen LogP contribution in [0, 0.1) is 0 Å². The molecule has 0 aliphatic rings. The maximum atomic E-state index is 12.1.